The van der Waals surface area contributed by atoms with Crippen molar-refractivity contribution in [3.8, 4) is 0 Å². The summed E-state index contributed by atoms with van der Waals surface area (Å²) in [4.78, 5) is 4.08. The zero-order valence-electron chi connectivity index (χ0n) is 10.4. The highest BCUT2D eigenvalue weighted by molar-refractivity contribution is 7.86. The van der Waals surface area contributed by atoms with E-state index < -0.39 is 10.1 Å². The molecule has 1 heterocycles. The van der Waals surface area contributed by atoms with E-state index in [0.29, 0.717) is 6.54 Å². The van der Waals surface area contributed by atoms with E-state index in [-0.39, 0.29) is 11.5 Å². The quantitative estimate of drug-likeness (QED) is 0.654. The average molecular weight is 298 g/mol. The molecule has 0 aliphatic carbocycles. The fourth-order valence-electron chi connectivity index (χ4n) is 1.40. The van der Waals surface area contributed by atoms with Crippen LogP contribution in [-0.2, 0) is 14.3 Å². The van der Waals surface area contributed by atoms with E-state index in [1.54, 1.807) is 36.0 Å². The summed E-state index contributed by atoms with van der Waals surface area (Å²) < 4.78 is 28.6. The summed E-state index contributed by atoms with van der Waals surface area (Å²) in [5, 5.41) is 3.91. The largest absolute Gasteiger partial charge is 0.373 e. The summed E-state index contributed by atoms with van der Waals surface area (Å²) >= 11 is 1.45. The lowest BCUT2D eigenvalue weighted by Gasteiger charge is -2.06. The Labute approximate surface area is 116 Å². The molecule has 0 radical (unpaired) electrons. The zero-order valence-corrected chi connectivity index (χ0v) is 12.0. The van der Waals surface area contributed by atoms with Crippen LogP contribution in [0.4, 0.5) is 5.00 Å². The summed E-state index contributed by atoms with van der Waals surface area (Å²) in [7, 11) is -3.67. The molecule has 5 nitrogen and oxygen atoms in total. The number of benzene rings is 1. The van der Waals surface area contributed by atoms with E-state index in [0.717, 1.165) is 10.6 Å². The standard InChI is InChI=1S/C12H14N2O3S2/c1-10-2-4-11(5-3-10)19(15,16)17-7-6-14-12-8-13-9-18-12/h2-5,8-9,14H,6-7H2,1H3. The maximum Gasteiger partial charge on any atom is 0.297 e. The second-order valence-corrected chi connectivity index (χ2v) is 6.38. The molecule has 0 aliphatic heterocycles. The molecule has 1 aromatic heterocycles. The maximum atomic E-state index is 11.8. The molecule has 0 amide bonds. The van der Waals surface area contributed by atoms with Gasteiger partial charge in [0.05, 0.1) is 23.2 Å². The van der Waals surface area contributed by atoms with Crippen molar-refractivity contribution in [1.82, 2.24) is 4.98 Å². The van der Waals surface area contributed by atoms with Crippen molar-refractivity contribution in [2.75, 3.05) is 18.5 Å². The third-order valence-electron chi connectivity index (χ3n) is 2.38. The van der Waals surface area contributed by atoms with E-state index in [1.807, 2.05) is 6.92 Å². The molecule has 0 spiro atoms. The van der Waals surface area contributed by atoms with Crippen LogP contribution in [0.2, 0.25) is 0 Å². The molecule has 0 saturated heterocycles. The number of anilines is 1. The normalized spacial score (nSPS) is 11.4. The molecule has 1 N–H and O–H groups in total. The Bertz CT molecular complexity index is 607. The minimum absolute atomic E-state index is 0.0775. The number of aromatic nitrogens is 1. The first-order valence-corrected chi connectivity index (χ1v) is 7.95. The van der Waals surface area contributed by atoms with Crippen LogP contribution in [0, 0.1) is 6.92 Å². The fourth-order valence-corrected chi connectivity index (χ4v) is 2.85. The van der Waals surface area contributed by atoms with E-state index in [2.05, 4.69) is 10.3 Å². The third kappa shape index (κ3) is 4.02. The summed E-state index contributed by atoms with van der Waals surface area (Å²) in [5.74, 6) is 0. The van der Waals surface area contributed by atoms with Gasteiger partial charge in [-0.25, -0.2) is 0 Å². The average Bonchev–Trinajstić information content (AvgIpc) is 2.88. The smallest absolute Gasteiger partial charge is 0.297 e. The van der Waals surface area contributed by atoms with Crippen LogP contribution in [-0.4, -0.2) is 26.6 Å². The molecule has 102 valence electrons. The van der Waals surface area contributed by atoms with Crippen molar-refractivity contribution >= 4 is 26.5 Å². The van der Waals surface area contributed by atoms with Crippen molar-refractivity contribution in [2.45, 2.75) is 11.8 Å². The number of hydrogen-bond donors (Lipinski definition) is 1. The lowest BCUT2D eigenvalue weighted by Crippen LogP contribution is -2.14. The molecule has 0 fully saturated rings. The Morgan fingerprint density at radius 2 is 2.05 bits per heavy atom. The molecule has 0 atom stereocenters. The van der Waals surface area contributed by atoms with Gasteiger partial charge in [-0.1, -0.05) is 17.7 Å². The molecule has 2 rings (SSSR count). The Kier molecular flexibility index (Phi) is 4.52. The van der Waals surface area contributed by atoms with Gasteiger partial charge >= 0.3 is 0 Å². The summed E-state index contributed by atoms with van der Waals surface area (Å²) in [5.41, 5.74) is 2.71. The summed E-state index contributed by atoms with van der Waals surface area (Å²) in [6.07, 6.45) is 1.68. The predicted molar refractivity (Wildman–Crippen MR) is 74.9 cm³/mol. The van der Waals surface area contributed by atoms with Crippen molar-refractivity contribution in [2.24, 2.45) is 0 Å². The second-order valence-electron chi connectivity index (χ2n) is 3.88. The maximum absolute atomic E-state index is 11.8. The Hall–Kier alpha value is -1.44. The number of nitrogens with zero attached hydrogens (tertiary/aromatic N) is 1. The van der Waals surface area contributed by atoms with Crippen LogP contribution >= 0.6 is 11.3 Å². The van der Waals surface area contributed by atoms with Gasteiger partial charge in [0.15, 0.2) is 0 Å². The Morgan fingerprint density at radius 3 is 2.68 bits per heavy atom. The van der Waals surface area contributed by atoms with Gasteiger partial charge in [0, 0.05) is 6.54 Å². The van der Waals surface area contributed by atoms with Crippen molar-refractivity contribution < 1.29 is 12.6 Å². The molecule has 2 aromatic rings. The number of nitrogens with one attached hydrogen (secondary N) is 1. The highest BCUT2D eigenvalue weighted by Gasteiger charge is 2.14. The molecular formula is C12H14N2O3S2. The van der Waals surface area contributed by atoms with E-state index >= 15 is 0 Å². The van der Waals surface area contributed by atoms with E-state index in [4.69, 9.17) is 4.18 Å². The molecule has 0 bridgehead atoms. The van der Waals surface area contributed by atoms with Crippen molar-refractivity contribution in [3.63, 3.8) is 0 Å². The lowest BCUT2D eigenvalue weighted by atomic mass is 10.2. The van der Waals surface area contributed by atoms with Crippen LogP contribution in [0.5, 0.6) is 0 Å². The van der Waals surface area contributed by atoms with Gasteiger partial charge < -0.3 is 5.32 Å². The number of rotatable bonds is 6. The fraction of sp³-hybridized carbons (Fsp3) is 0.250. The molecule has 19 heavy (non-hydrogen) atoms. The SMILES string of the molecule is Cc1ccc(S(=O)(=O)OCCNc2cncs2)cc1. The molecule has 0 aliphatic rings. The highest BCUT2D eigenvalue weighted by atomic mass is 32.2. The zero-order chi connectivity index (χ0) is 13.7. The Morgan fingerprint density at radius 1 is 1.32 bits per heavy atom. The molecule has 0 saturated carbocycles. The number of thiazole rings is 1. The van der Waals surface area contributed by atoms with Gasteiger partial charge in [-0.15, -0.1) is 11.3 Å². The second kappa shape index (κ2) is 6.14. The Balaban J connectivity index is 1.86. The monoisotopic (exact) mass is 298 g/mol. The molecular weight excluding hydrogens is 284 g/mol. The minimum Gasteiger partial charge on any atom is -0.373 e. The molecule has 1 aromatic carbocycles. The van der Waals surface area contributed by atoms with E-state index in [1.165, 1.54) is 11.3 Å². The van der Waals surface area contributed by atoms with Gasteiger partial charge in [-0.05, 0) is 19.1 Å². The van der Waals surface area contributed by atoms with E-state index in [9.17, 15) is 8.42 Å². The third-order valence-corrected chi connectivity index (χ3v) is 4.44. The molecule has 7 heteroatoms. The first kappa shape index (κ1) is 14.0. The van der Waals surface area contributed by atoms with Crippen LogP contribution < -0.4 is 5.32 Å². The van der Waals surface area contributed by atoms with Crippen LogP contribution in [0.1, 0.15) is 5.56 Å². The van der Waals surface area contributed by atoms with Crippen molar-refractivity contribution in [3.05, 3.63) is 41.5 Å². The van der Waals surface area contributed by atoms with Crippen LogP contribution in [0.15, 0.2) is 40.9 Å². The van der Waals surface area contributed by atoms with Gasteiger partial charge in [-0.3, -0.25) is 9.17 Å². The van der Waals surface area contributed by atoms with Crippen LogP contribution in [0.3, 0.4) is 0 Å². The summed E-state index contributed by atoms with van der Waals surface area (Å²) in [6, 6.07) is 6.57. The van der Waals surface area contributed by atoms with Crippen LogP contribution in [0.25, 0.3) is 0 Å². The minimum atomic E-state index is -3.67. The van der Waals surface area contributed by atoms with Gasteiger partial charge in [0.1, 0.15) is 5.00 Å². The first-order valence-electron chi connectivity index (χ1n) is 5.66. The topological polar surface area (TPSA) is 68.3 Å². The van der Waals surface area contributed by atoms with Gasteiger partial charge in [-0.2, -0.15) is 8.42 Å². The lowest BCUT2D eigenvalue weighted by molar-refractivity contribution is 0.332. The first-order chi connectivity index (χ1) is 9.08. The predicted octanol–water partition coefficient (Wildman–Crippen LogP) is 2.27. The number of hydrogen-bond acceptors (Lipinski definition) is 6. The number of aryl methyl sites for hydroxylation is 1. The van der Waals surface area contributed by atoms with Crippen molar-refractivity contribution in [1.29, 1.82) is 0 Å². The molecule has 0 unspecified atom stereocenters. The van der Waals surface area contributed by atoms with Gasteiger partial charge in [0.25, 0.3) is 10.1 Å². The highest BCUT2D eigenvalue weighted by Crippen LogP contribution is 2.14. The summed E-state index contributed by atoms with van der Waals surface area (Å²) in [6.45, 7) is 2.39. The van der Waals surface area contributed by atoms with Gasteiger partial charge in [0.2, 0.25) is 0 Å².